The van der Waals surface area contributed by atoms with Gasteiger partial charge < -0.3 is 10.0 Å². The zero-order chi connectivity index (χ0) is 20.2. The van der Waals surface area contributed by atoms with E-state index in [1.807, 2.05) is 41.3 Å². The number of piperazine rings is 1. The Bertz CT molecular complexity index is 1040. The Morgan fingerprint density at radius 3 is 2.45 bits per heavy atom. The molecule has 7 nitrogen and oxygen atoms in total. The van der Waals surface area contributed by atoms with Crippen molar-refractivity contribution in [2.75, 3.05) is 32.7 Å². The standard InChI is InChI=1S/C22H24N4O3/c27-20-14-23-26(19-9-5-4-8-18(19)20)16-22(29)25-12-10-24(11-13-25)15-21(28)17-6-2-1-3-7-17/h1-9,14,21,28H,10-13,15-16H2. The first-order chi connectivity index (χ1) is 14.1. The molecule has 0 bridgehead atoms. The van der Waals surface area contributed by atoms with Gasteiger partial charge in [-0.15, -0.1) is 0 Å². The van der Waals surface area contributed by atoms with Crippen LogP contribution in [-0.4, -0.2) is 63.3 Å². The van der Waals surface area contributed by atoms with Crippen molar-refractivity contribution in [1.29, 1.82) is 0 Å². The lowest BCUT2D eigenvalue weighted by Crippen LogP contribution is -2.50. The third kappa shape index (κ3) is 4.36. The van der Waals surface area contributed by atoms with Gasteiger partial charge >= 0.3 is 0 Å². The molecule has 1 aliphatic heterocycles. The number of para-hydroxylation sites is 1. The molecule has 1 N–H and O–H groups in total. The van der Waals surface area contributed by atoms with Crippen molar-refractivity contribution >= 4 is 16.8 Å². The molecule has 29 heavy (non-hydrogen) atoms. The highest BCUT2D eigenvalue weighted by Crippen LogP contribution is 2.15. The molecule has 3 aromatic rings. The molecule has 1 atom stereocenters. The Kier molecular flexibility index (Phi) is 5.69. The van der Waals surface area contributed by atoms with Crippen molar-refractivity contribution in [3.8, 4) is 0 Å². The van der Waals surface area contributed by atoms with E-state index in [1.165, 1.54) is 6.20 Å². The first-order valence-electron chi connectivity index (χ1n) is 9.80. The lowest BCUT2D eigenvalue weighted by atomic mass is 10.1. The van der Waals surface area contributed by atoms with E-state index in [-0.39, 0.29) is 17.9 Å². The number of rotatable bonds is 5. The Morgan fingerprint density at radius 1 is 1.00 bits per heavy atom. The maximum Gasteiger partial charge on any atom is 0.244 e. The summed E-state index contributed by atoms with van der Waals surface area (Å²) >= 11 is 0. The molecule has 0 saturated carbocycles. The number of hydrogen-bond acceptors (Lipinski definition) is 5. The Morgan fingerprint density at radius 2 is 1.69 bits per heavy atom. The molecule has 0 radical (unpaired) electrons. The van der Waals surface area contributed by atoms with Crippen LogP contribution in [0.1, 0.15) is 11.7 Å². The number of benzene rings is 2. The maximum atomic E-state index is 12.8. The zero-order valence-electron chi connectivity index (χ0n) is 16.1. The predicted molar refractivity (Wildman–Crippen MR) is 110 cm³/mol. The third-order valence-electron chi connectivity index (χ3n) is 5.39. The van der Waals surface area contributed by atoms with Gasteiger partial charge in [-0.05, 0) is 17.7 Å². The van der Waals surface area contributed by atoms with Crippen molar-refractivity contribution in [3.63, 3.8) is 0 Å². The number of carbonyl (C=O) groups is 1. The molecular weight excluding hydrogens is 368 g/mol. The molecule has 0 aliphatic carbocycles. The monoisotopic (exact) mass is 392 g/mol. The zero-order valence-corrected chi connectivity index (χ0v) is 16.1. The summed E-state index contributed by atoms with van der Waals surface area (Å²) in [5.74, 6) is -0.0189. The highest BCUT2D eigenvalue weighted by atomic mass is 16.3. The van der Waals surface area contributed by atoms with Gasteiger partial charge in [0, 0.05) is 38.1 Å². The summed E-state index contributed by atoms with van der Waals surface area (Å²) in [4.78, 5) is 28.7. The SMILES string of the molecule is O=C(Cn1ncc(=O)c2ccccc21)N1CCN(CC(O)c2ccccc2)CC1. The summed E-state index contributed by atoms with van der Waals surface area (Å²) in [6.45, 7) is 3.31. The summed E-state index contributed by atoms with van der Waals surface area (Å²) in [7, 11) is 0. The van der Waals surface area contributed by atoms with E-state index in [0.29, 0.717) is 43.6 Å². The van der Waals surface area contributed by atoms with Crippen LogP contribution in [0.15, 0.2) is 65.6 Å². The largest absolute Gasteiger partial charge is 0.387 e. The minimum Gasteiger partial charge on any atom is -0.387 e. The van der Waals surface area contributed by atoms with Crippen LogP contribution in [0.2, 0.25) is 0 Å². The molecule has 0 spiro atoms. The van der Waals surface area contributed by atoms with Gasteiger partial charge in [0.25, 0.3) is 0 Å². The topological polar surface area (TPSA) is 78.7 Å². The van der Waals surface area contributed by atoms with Gasteiger partial charge in [0.05, 0.1) is 17.8 Å². The second kappa shape index (κ2) is 8.55. The molecule has 2 heterocycles. The van der Waals surface area contributed by atoms with Crippen LogP contribution < -0.4 is 5.43 Å². The number of β-amino-alcohol motifs (C(OH)–C–C–N with tert-alkyl or cyclic N) is 1. The summed E-state index contributed by atoms with van der Waals surface area (Å²) in [5.41, 5.74) is 1.43. The molecule has 150 valence electrons. The van der Waals surface area contributed by atoms with Crippen molar-refractivity contribution in [1.82, 2.24) is 19.6 Å². The first kappa shape index (κ1) is 19.3. The number of hydrogen-bond donors (Lipinski definition) is 1. The second-order valence-corrected chi connectivity index (χ2v) is 7.29. The number of nitrogens with zero attached hydrogens (tertiary/aromatic N) is 4. The van der Waals surface area contributed by atoms with E-state index in [0.717, 1.165) is 5.56 Å². The van der Waals surface area contributed by atoms with Crippen LogP contribution in [0.5, 0.6) is 0 Å². The molecule has 1 saturated heterocycles. The summed E-state index contributed by atoms with van der Waals surface area (Å²) in [6.07, 6.45) is 0.730. The van der Waals surface area contributed by atoms with Crippen molar-refractivity contribution < 1.29 is 9.90 Å². The van der Waals surface area contributed by atoms with Gasteiger partial charge in [0.2, 0.25) is 11.3 Å². The maximum absolute atomic E-state index is 12.8. The highest BCUT2D eigenvalue weighted by Gasteiger charge is 2.23. The lowest BCUT2D eigenvalue weighted by molar-refractivity contribution is -0.133. The van der Waals surface area contributed by atoms with Gasteiger partial charge in [-0.25, -0.2) is 0 Å². The lowest BCUT2D eigenvalue weighted by Gasteiger charge is -2.35. The van der Waals surface area contributed by atoms with E-state index in [1.54, 1.807) is 22.9 Å². The quantitative estimate of drug-likeness (QED) is 0.708. The van der Waals surface area contributed by atoms with Gasteiger partial charge in [-0.1, -0.05) is 42.5 Å². The fourth-order valence-electron chi connectivity index (χ4n) is 3.72. The summed E-state index contributed by atoms with van der Waals surface area (Å²) in [5, 5.41) is 15.1. The fraction of sp³-hybridized carbons (Fsp3) is 0.318. The van der Waals surface area contributed by atoms with Crippen LogP contribution in [0.3, 0.4) is 0 Å². The molecule has 7 heteroatoms. The highest BCUT2D eigenvalue weighted by molar-refractivity contribution is 5.81. The molecule has 1 aromatic heterocycles. The van der Waals surface area contributed by atoms with Crippen molar-refractivity contribution in [3.05, 3.63) is 76.6 Å². The molecule has 1 unspecified atom stereocenters. The van der Waals surface area contributed by atoms with Gasteiger partial charge in [0.15, 0.2) is 0 Å². The van der Waals surface area contributed by atoms with Crippen LogP contribution in [-0.2, 0) is 11.3 Å². The van der Waals surface area contributed by atoms with E-state index >= 15 is 0 Å². The molecule has 1 aliphatic rings. The Balaban J connectivity index is 1.35. The second-order valence-electron chi connectivity index (χ2n) is 7.29. The van der Waals surface area contributed by atoms with Gasteiger partial charge in [0.1, 0.15) is 6.54 Å². The molecular formula is C22H24N4O3. The number of amides is 1. The van der Waals surface area contributed by atoms with Crippen LogP contribution >= 0.6 is 0 Å². The van der Waals surface area contributed by atoms with E-state index in [9.17, 15) is 14.7 Å². The number of carbonyl (C=O) groups excluding carboxylic acids is 1. The van der Waals surface area contributed by atoms with E-state index in [2.05, 4.69) is 10.00 Å². The van der Waals surface area contributed by atoms with Gasteiger partial charge in [-0.2, -0.15) is 5.10 Å². The number of aliphatic hydroxyl groups is 1. The number of aliphatic hydroxyl groups excluding tert-OH is 1. The number of fused-ring (bicyclic) bond motifs is 1. The van der Waals surface area contributed by atoms with E-state index in [4.69, 9.17) is 0 Å². The predicted octanol–water partition coefficient (Wildman–Crippen LogP) is 1.27. The minimum absolute atomic E-state index is 0.0189. The summed E-state index contributed by atoms with van der Waals surface area (Å²) < 4.78 is 1.59. The molecule has 1 fully saturated rings. The van der Waals surface area contributed by atoms with E-state index < -0.39 is 6.10 Å². The average Bonchev–Trinajstić information content (AvgIpc) is 2.77. The molecule has 1 amide bonds. The van der Waals surface area contributed by atoms with Crippen LogP contribution in [0.25, 0.3) is 10.9 Å². The third-order valence-corrected chi connectivity index (χ3v) is 5.39. The van der Waals surface area contributed by atoms with Crippen molar-refractivity contribution in [2.24, 2.45) is 0 Å². The van der Waals surface area contributed by atoms with Gasteiger partial charge in [-0.3, -0.25) is 19.2 Å². The van der Waals surface area contributed by atoms with Crippen LogP contribution in [0.4, 0.5) is 0 Å². The molecule has 2 aromatic carbocycles. The van der Waals surface area contributed by atoms with Crippen LogP contribution in [0, 0.1) is 0 Å². The fourth-order valence-corrected chi connectivity index (χ4v) is 3.72. The normalized spacial score (nSPS) is 16.1. The summed E-state index contributed by atoms with van der Waals surface area (Å²) in [6, 6.07) is 16.8. The molecule has 4 rings (SSSR count). The van der Waals surface area contributed by atoms with Crippen molar-refractivity contribution in [2.45, 2.75) is 12.6 Å². The first-order valence-corrected chi connectivity index (χ1v) is 9.80. The average molecular weight is 392 g/mol. The number of aromatic nitrogens is 2. The minimum atomic E-state index is -0.532. The smallest absolute Gasteiger partial charge is 0.244 e. The Labute approximate surface area is 168 Å². The Hall–Kier alpha value is -3.03.